The number of nitrogens with zero attached hydrogens (tertiary/aromatic N) is 3. The van der Waals surface area contributed by atoms with Crippen LogP contribution in [0.15, 0.2) is 22.8 Å². The minimum atomic E-state index is -0.428. The fourth-order valence-electron chi connectivity index (χ4n) is 3.21. The van der Waals surface area contributed by atoms with Crippen LogP contribution in [0.25, 0.3) is 0 Å². The number of fused-ring (bicyclic) bond motifs is 1. The molecule has 0 N–H and O–H groups in total. The average molecular weight is 368 g/mol. The van der Waals surface area contributed by atoms with Gasteiger partial charge < -0.3 is 14.5 Å². The van der Waals surface area contributed by atoms with Crippen LogP contribution in [0, 0.1) is 11.8 Å². The Balaban J connectivity index is 1.58. The van der Waals surface area contributed by atoms with Crippen molar-refractivity contribution in [3.8, 4) is 0 Å². The highest BCUT2D eigenvalue weighted by Gasteiger charge is 2.43. The summed E-state index contributed by atoms with van der Waals surface area (Å²) in [6, 6.07) is 4.06. The Morgan fingerprint density at radius 1 is 1.23 bits per heavy atom. The summed E-state index contributed by atoms with van der Waals surface area (Å²) in [5, 5.41) is 0. The number of ether oxygens (including phenoxy) is 1. The Hall–Kier alpha value is -1.30. The lowest BCUT2D eigenvalue weighted by atomic mass is 10.0. The zero-order chi connectivity index (χ0) is 15.9. The number of pyridine rings is 1. The maximum Gasteiger partial charge on any atom is 0.410 e. The van der Waals surface area contributed by atoms with Crippen molar-refractivity contribution >= 4 is 27.8 Å². The van der Waals surface area contributed by atoms with Crippen LogP contribution >= 0.6 is 15.9 Å². The van der Waals surface area contributed by atoms with Crippen LogP contribution in [0.1, 0.15) is 20.8 Å². The van der Waals surface area contributed by atoms with Crippen molar-refractivity contribution in [3.63, 3.8) is 0 Å². The van der Waals surface area contributed by atoms with Gasteiger partial charge in [-0.25, -0.2) is 9.78 Å². The molecule has 0 spiro atoms. The number of amides is 1. The number of likely N-dealkylation sites (tertiary alicyclic amines) is 1. The van der Waals surface area contributed by atoms with E-state index in [4.69, 9.17) is 4.74 Å². The number of hydrogen-bond acceptors (Lipinski definition) is 4. The molecule has 5 nitrogen and oxygen atoms in total. The molecule has 2 atom stereocenters. The second-order valence-electron chi connectivity index (χ2n) is 7.15. The molecule has 120 valence electrons. The van der Waals surface area contributed by atoms with Gasteiger partial charge in [0, 0.05) is 48.7 Å². The molecule has 0 aliphatic carbocycles. The molecule has 2 aliphatic rings. The van der Waals surface area contributed by atoms with Crippen molar-refractivity contribution in [1.29, 1.82) is 0 Å². The molecule has 0 aromatic carbocycles. The molecule has 22 heavy (non-hydrogen) atoms. The molecule has 0 radical (unpaired) electrons. The minimum Gasteiger partial charge on any atom is -0.444 e. The normalized spacial score (nSPS) is 24.5. The van der Waals surface area contributed by atoms with Crippen molar-refractivity contribution in [2.45, 2.75) is 26.4 Å². The van der Waals surface area contributed by atoms with Gasteiger partial charge in [0.05, 0.1) is 0 Å². The van der Waals surface area contributed by atoms with Crippen LogP contribution < -0.4 is 4.90 Å². The fraction of sp³-hybridized carbons (Fsp3) is 0.625. The largest absolute Gasteiger partial charge is 0.444 e. The predicted molar refractivity (Wildman–Crippen MR) is 88.9 cm³/mol. The molecule has 2 saturated heterocycles. The van der Waals surface area contributed by atoms with Crippen molar-refractivity contribution in [2.24, 2.45) is 11.8 Å². The third kappa shape index (κ3) is 3.37. The highest BCUT2D eigenvalue weighted by atomic mass is 79.9. The summed E-state index contributed by atoms with van der Waals surface area (Å²) < 4.78 is 6.46. The Morgan fingerprint density at radius 2 is 1.86 bits per heavy atom. The van der Waals surface area contributed by atoms with Crippen LogP contribution in [-0.2, 0) is 4.74 Å². The standard InChI is InChI=1S/C16H22BrN3O2/c1-16(2,3)22-15(21)20-9-11-7-19(8-12(11)10-20)14-5-4-13(17)6-18-14/h4-6,11-12H,7-10H2,1-3H3/t11-,12+. The number of carbonyl (C=O) groups excluding carboxylic acids is 1. The third-order valence-corrected chi connectivity index (χ3v) is 4.64. The highest BCUT2D eigenvalue weighted by molar-refractivity contribution is 9.10. The first kappa shape index (κ1) is 15.6. The number of aromatic nitrogens is 1. The maximum atomic E-state index is 12.2. The average Bonchev–Trinajstić information content (AvgIpc) is 2.95. The predicted octanol–water partition coefficient (Wildman–Crippen LogP) is 3.15. The number of carbonyl (C=O) groups is 1. The highest BCUT2D eigenvalue weighted by Crippen LogP contribution is 2.34. The van der Waals surface area contributed by atoms with Gasteiger partial charge in [-0.1, -0.05) is 0 Å². The zero-order valence-corrected chi connectivity index (χ0v) is 14.8. The molecule has 3 rings (SSSR count). The van der Waals surface area contributed by atoms with E-state index in [1.165, 1.54) is 0 Å². The van der Waals surface area contributed by atoms with Gasteiger partial charge in [-0.2, -0.15) is 0 Å². The molecule has 0 bridgehead atoms. The van der Waals surface area contributed by atoms with Gasteiger partial charge in [-0.05, 0) is 48.8 Å². The lowest BCUT2D eigenvalue weighted by Gasteiger charge is -2.26. The summed E-state index contributed by atoms with van der Waals surface area (Å²) in [6.07, 6.45) is 1.64. The molecular weight excluding hydrogens is 346 g/mol. The fourth-order valence-corrected chi connectivity index (χ4v) is 3.45. The molecule has 0 unspecified atom stereocenters. The molecule has 3 heterocycles. The van der Waals surface area contributed by atoms with Gasteiger partial charge in [0.1, 0.15) is 11.4 Å². The second kappa shape index (κ2) is 5.72. The topological polar surface area (TPSA) is 45.7 Å². The van der Waals surface area contributed by atoms with E-state index in [0.717, 1.165) is 36.5 Å². The summed E-state index contributed by atoms with van der Waals surface area (Å²) in [6.45, 7) is 9.20. The summed E-state index contributed by atoms with van der Waals surface area (Å²) in [4.78, 5) is 20.8. The summed E-state index contributed by atoms with van der Waals surface area (Å²) >= 11 is 3.41. The van der Waals surface area contributed by atoms with Crippen LogP contribution in [0.2, 0.25) is 0 Å². The van der Waals surface area contributed by atoms with E-state index in [-0.39, 0.29) is 6.09 Å². The summed E-state index contributed by atoms with van der Waals surface area (Å²) in [5.74, 6) is 2.04. The van der Waals surface area contributed by atoms with Crippen LogP contribution in [-0.4, -0.2) is 47.8 Å². The minimum absolute atomic E-state index is 0.185. The number of rotatable bonds is 1. The van der Waals surface area contributed by atoms with Gasteiger partial charge in [-0.15, -0.1) is 0 Å². The SMILES string of the molecule is CC(C)(C)OC(=O)N1C[C@@H]2CN(c3ccc(Br)cn3)C[C@@H]2C1. The Kier molecular flexibility index (Phi) is 4.05. The van der Waals surface area contributed by atoms with Crippen LogP contribution in [0.5, 0.6) is 0 Å². The van der Waals surface area contributed by atoms with Crippen molar-refractivity contribution < 1.29 is 9.53 Å². The Bertz CT molecular complexity index is 542. The van der Waals surface area contributed by atoms with Gasteiger partial charge in [-0.3, -0.25) is 0 Å². The quantitative estimate of drug-likeness (QED) is 0.764. The Morgan fingerprint density at radius 3 is 2.36 bits per heavy atom. The van der Waals surface area contributed by atoms with Crippen molar-refractivity contribution in [3.05, 3.63) is 22.8 Å². The lowest BCUT2D eigenvalue weighted by Crippen LogP contribution is -2.37. The smallest absolute Gasteiger partial charge is 0.410 e. The molecule has 1 aromatic heterocycles. The van der Waals surface area contributed by atoms with E-state index >= 15 is 0 Å². The van der Waals surface area contributed by atoms with Gasteiger partial charge in [0.15, 0.2) is 0 Å². The molecule has 1 aromatic rings. The third-order valence-electron chi connectivity index (χ3n) is 4.17. The van der Waals surface area contributed by atoms with E-state index in [1.807, 2.05) is 44.0 Å². The number of hydrogen-bond donors (Lipinski definition) is 0. The van der Waals surface area contributed by atoms with Crippen LogP contribution in [0.3, 0.4) is 0 Å². The first-order chi connectivity index (χ1) is 10.3. The summed E-state index contributed by atoms with van der Waals surface area (Å²) in [7, 11) is 0. The molecule has 0 saturated carbocycles. The van der Waals surface area contributed by atoms with Crippen LogP contribution in [0.4, 0.5) is 10.6 Å². The summed E-state index contributed by atoms with van der Waals surface area (Å²) in [5.41, 5.74) is -0.428. The van der Waals surface area contributed by atoms with Gasteiger partial charge in [0.2, 0.25) is 0 Å². The monoisotopic (exact) mass is 367 g/mol. The van der Waals surface area contributed by atoms with E-state index in [9.17, 15) is 4.79 Å². The van der Waals surface area contributed by atoms with Gasteiger partial charge in [0.25, 0.3) is 0 Å². The molecule has 2 aliphatic heterocycles. The molecule has 2 fully saturated rings. The molecule has 1 amide bonds. The maximum absolute atomic E-state index is 12.2. The van der Waals surface area contributed by atoms with E-state index in [0.29, 0.717) is 11.8 Å². The first-order valence-corrected chi connectivity index (χ1v) is 8.45. The Labute approximate surface area is 139 Å². The molecular formula is C16H22BrN3O2. The van der Waals surface area contributed by atoms with E-state index in [1.54, 1.807) is 0 Å². The van der Waals surface area contributed by atoms with Crippen molar-refractivity contribution in [2.75, 3.05) is 31.1 Å². The van der Waals surface area contributed by atoms with Gasteiger partial charge >= 0.3 is 6.09 Å². The molecule has 6 heteroatoms. The number of halogens is 1. The zero-order valence-electron chi connectivity index (χ0n) is 13.3. The lowest BCUT2D eigenvalue weighted by molar-refractivity contribution is 0.0282. The number of anilines is 1. The second-order valence-corrected chi connectivity index (χ2v) is 8.06. The first-order valence-electron chi connectivity index (χ1n) is 7.66. The van der Waals surface area contributed by atoms with E-state index < -0.39 is 5.60 Å². The van der Waals surface area contributed by atoms with E-state index in [2.05, 4.69) is 25.8 Å². The van der Waals surface area contributed by atoms with Crippen molar-refractivity contribution in [1.82, 2.24) is 9.88 Å².